The van der Waals surface area contributed by atoms with Crippen molar-refractivity contribution < 1.29 is 53.3 Å². The largest absolute Gasteiger partial charge is 0.467 e. The third-order valence-electron chi connectivity index (χ3n) is 10.6. The molecule has 0 aliphatic carbocycles. The SMILES string of the molecule is CCC(C)[C@H](NC(=O)[C@@H]1CCCN1C[C@@H](O)[C@H](Cc1ccccc1)NC(=O)[C@H](CC(N)=O)NC(=O)[C@H](CC(C)C)NC(=O)[C@H](CO)NC(C)=O)C(=O)N[C@H](C(=O)OC)C(C)C. The average Bonchev–Trinajstić information content (AvgIpc) is 3.67. The molecule has 10 N–H and O–H groups in total. The number of benzene rings is 1. The van der Waals surface area contributed by atoms with Gasteiger partial charge in [0, 0.05) is 13.5 Å². The summed E-state index contributed by atoms with van der Waals surface area (Å²) in [5.41, 5.74) is 6.24. The number of carbonyl (C=O) groups excluding carboxylic acids is 8. The Kier molecular flexibility index (Phi) is 21.8. The number of hydrogen-bond acceptors (Lipinski definition) is 12. The van der Waals surface area contributed by atoms with Crippen LogP contribution in [0.5, 0.6) is 0 Å². The molecule has 19 nitrogen and oxygen atoms in total. The maximum absolute atomic E-state index is 14.0. The zero-order valence-corrected chi connectivity index (χ0v) is 36.7. The third kappa shape index (κ3) is 17.0. The molecule has 1 fully saturated rings. The summed E-state index contributed by atoms with van der Waals surface area (Å²) in [4.78, 5) is 106. The van der Waals surface area contributed by atoms with Crippen molar-refractivity contribution in [2.24, 2.45) is 23.5 Å². The van der Waals surface area contributed by atoms with Crippen LogP contribution in [0.3, 0.4) is 0 Å². The van der Waals surface area contributed by atoms with Crippen molar-refractivity contribution in [2.45, 2.75) is 135 Å². The van der Waals surface area contributed by atoms with E-state index in [0.29, 0.717) is 25.8 Å². The summed E-state index contributed by atoms with van der Waals surface area (Å²) in [5.74, 6) is -6.32. The number of amides is 7. The summed E-state index contributed by atoms with van der Waals surface area (Å²) >= 11 is 0. The molecule has 0 aromatic heterocycles. The van der Waals surface area contributed by atoms with Gasteiger partial charge in [-0.2, -0.15) is 0 Å². The number of primary amides is 1. The van der Waals surface area contributed by atoms with Crippen LogP contribution in [0, 0.1) is 17.8 Å². The van der Waals surface area contributed by atoms with Crippen LogP contribution in [0.25, 0.3) is 0 Å². The predicted molar refractivity (Wildman–Crippen MR) is 225 cm³/mol. The summed E-state index contributed by atoms with van der Waals surface area (Å²) in [6.45, 7) is 11.6. The molecule has 0 spiro atoms. The second-order valence-electron chi connectivity index (χ2n) is 16.5. The standard InChI is InChI=1S/C42H68N8O11/c1-9-25(6)36(41(59)48-35(24(4)5)42(60)61-8)49-40(58)32-16-13-17-50(32)21-33(53)28(19-27-14-11-10-12-15-27)45-38(56)30(20-34(43)54)47-37(55)29(18-23(2)3)46-39(57)31(22-51)44-26(7)52/h10-12,14-15,23-25,28-33,35-36,51,53H,9,13,16-22H2,1-8H3,(H2,43,54)(H,44,52)(H,45,56)(H,46,57)(H,47,55)(H,48,59)(H,49,58)/t25?,28-,29-,30-,31-,32-,33+,35-,36-/m0/s1. The molecule has 342 valence electrons. The minimum Gasteiger partial charge on any atom is -0.467 e. The summed E-state index contributed by atoms with van der Waals surface area (Å²) in [5, 5.41) is 37.1. The molecule has 1 heterocycles. The first-order valence-electron chi connectivity index (χ1n) is 20.9. The summed E-state index contributed by atoms with van der Waals surface area (Å²) < 4.78 is 4.87. The molecule has 0 bridgehead atoms. The highest BCUT2D eigenvalue weighted by atomic mass is 16.5. The fraction of sp³-hybridized carbons (Fsp3) is 0.667. The molecule has 1 aliphatic heterocycles. The number of rotatable bonds is 25. The molecule has 61 heavy (non-hydrogen) atoms. The van der Waals surface area contributed by atoms with Gasteiger partial charge in [0.2, 0.25) is 41.4 Å². The molecule has 1 saturated heterocycles. The lowest BCUT2D eigenvalue weighted by atomic mass is 9.96. The van der Waals surface area contributed by atoms with Gasteiger partial charge in [-0.05, 0) is 55.5 Å². The lowest BCUT2D eigenvalue weighted by Gasteiger charge is -2.33. The Balaban J connectivity index is 2.34. The van der Waals surface area contributed by atoms with Gasteiger partial charge < -0.3 is 52.6 Å². The second-order valence-corrected chi connectivity index (χ2v) is 16.5. The first kappa shape index (κ1) is 52.0. The molecular weight excluding hydrogens is 793 g/mol. The van der Waals surface area contributed by atoms with Crippen molar-refractivity contribution in [1.82, 2.24) is 36.8 Å². The Labute approximate surface area is 358 Å². The molecular formula is C42H68N8O11. The Morgan fingerprint density at radius 3 is 1.97 bits per heavy atom. The summed E-state index contributed by atoms with van der Waals surface area (Å²) in [6, 6.07) is 1.20. The minimum atomic E-state index is -1.53. The average molecular weight is 861 g/mol. The molecule has 9 atom stereocenters. The number of nitrogens with two attached hydrogens (primary N) is 1. The number of β-amino-alcohol motifs (C(OH)–C–C–N with tert-alkyl or cyclic N) is 1. The van der Waals surface area contributed by atoms with Crippen molar-refractivity contribution >= 4 is 47.3 Å². The van der Waals surface area contributed by atoms with E-state index in [1.807, 2.05) is 13.8 Å². The van der Waals surface area contributed by atoms with Crippen molar-refractivity contribution in [1.29, 1.82) is 0 Å². The first-order chi connectivity index (χ1) is 28.7. The van der Waals surface area contributed by atoms with E-state index >= 15 is 0 Å². The first-order valence-corrected chi connectivity index (χ1v) is 20.9. The van der Waals surface area contributed by atoms with Crippen LogP contribution in [-0.4, -0.2) is 138 Å². The highest BCUT2D eigenvalue weighted by Gasteiger charge is 2.39. The van der Waals surface area contributed by atoms with Crippen LogP contribution < -0.4 is 37.6 Å². The van der Waals surface area contributed by atoms with Crippen LogP contribution in [0.1, 0.15) is 86.1 Å². The maximum atomic E-state index is 14.0. The highest BCUT2D eigenvalue weighted by molar-refractivity contribution is 5.96. The molecule has 0 saturated carbocycles. The van der Waals surface area contributed by atoms with Crippen molar-refractivity contribution in [3.05, 3.63) is 35.9 Å². The normalized spacial score (nSPS) is 18.0. The van der Waals surface area contributed by atoms with Crippen molar-refractivity contribution in [3.8, 4) is 0 Å². The van der Waals surface area contributed by atoms with Crippen LogP contribution in [-0.2, 0) is 49.5 Å². The monoisotopic (exact) mass is 861 g/mol. The van der Waals surface area contributed by atoms with Crippen molar-refractivity contribution in [2.75, 3.05) is 26.8 Å². The number of hydrogen-bond donors (Lipinski definition) is 9. The number of esters is 1. The number of aliphatic hydroxyl groups is 2. The van der Waals surface area contributed by atoms with E-state index in [-0.39, 0.29) is 37.1 Å². The van der Waals surface area contributed by atoms with E-state index in [2.05, 4.69) is 31.9 Å². The quantitative estimate of drug-likeness (QED) is 0.0523. The number of ether oxygens (including phenoxy) is 1. The van der Waals surface area contributed by atoms with E-state index in [1.54, 1.807) is 62.9 Å². The fourth-order valence-corrected chi connectivity index (χ4v) is 7.06. The van der Waals surface area contributed by atoms with Gasteiger partial charge in [0.15, 0.2) is 0 Å². The highest BCUT2D eigenvalue weighted by Crippen LogP contribution is 2.21. The number of carbonyl (C=O) groups is 8. The van der Waals surface area contributed by atoms with E-state index in [1.165, 1.54) is 7.11 Å². The predicted octanol–water partition coefficient (Wildman–Crippen LogP) is -1.23. The van der Waals surface area contributed by atoms with Gasteiger partial charge in [0.25, 0.3) is 0 Å². The van der Waals surface area contributed by atoms with E-state index in [9.17, 15) is 48.6 Å². The maximum Gasteiger partial charge on any atom is 0.328 e. The summed E-state index contributed by atoms with van der Waals surface area (Å²) in [7, 11) is 1.23. The molecule has 7 amide bonds. The van der Waals surface area contributed by atoms with Crippen LogP contribution in [0.15, 0.2) is 30.3 Å². The minimum absolute atomic E-state index is 0.0799. The van der Waals surface area contributed by atoms with E-state index in [4.69, 9.17) is 10.5 Å². The lowest BCUT2D eigenvalue weighted by Crippen LogP contribution is -2.60. The second kappa shape index (κ2) is 25.6. The van der Waals surface area contributed by atoms with Crippen LogP contribution in [0.2, 0.25) is 0 Å². The molecule has 1 aromatic carbocycles. The number of nitrogens with one attached hydrogen (secondary N) is 6. The van der Waals surface area contributed by atoms with Gasteiger partial charge >= 0.3 is 5.97 Å². The van der Waals surface area contributed by atoms with Crippen LogP contribution >= 0.6 is 0 Å². The molecule has 1 aliphatic rings. The topological polar surface area (TPSA) is 288 Å². The number of nitrogens with zero attached hydrogens (tertiary/aromatic N) is 1. The van der Waals surface area contributed by atoms with E-state index < -0.39 is 109 Å². The Hall–Kier alpha value is -5.14. The van der Waals surface area contributed by atoms with Gasteiger partial charge in [-0.1, -0.05) is 78.3 Å². The molecule has 1 aromatic rings. The summed E-state index contributed by atoms with van der Waals surface area (Å²) in [6.07, 6.45) is -0.149. The zero-order valence-electron chi connectivity index (χ0n) is 36.7. The van der Waals surface area contributed by atoms with Gasteiger partial charge in [0.1, 0.15) is 30.2 Å². The number of methoxy groups -OCH3 is 1. The zero-order chi connectivity index (χ0) is 46.0. The Morgan fingerprint density at radius 2 is 1.43 bits per heavy atom. The fourth-order valence-electron chi connectivity index (χ4n) is 7.06. The molecule has 0 radical (unpaired) electrons. The molecule has 2 rings (SSSR count). The van der Waals surface area contributed by atoms with Gasteiger partial charge in [-0.25, -0.2) is 4.79 Å². The molecule has 1 unspecified atom stereocenters. The number of aliphatic hydroxyl groups excluding tert-OH is 2. The van der Waals surface area contributed by atoms with E-state index in [0.717, 1.165) is 12.5 Å². The smallest absolute Gasteiger partial charge is 0.328 e. The third-order valence-corrected chi connectivity index (χ3v) is 10.6. The van der Waals surface area contributed by atoms with Crippen LogP contribution in [0.4, 0.5) is 0 Å². The van der Waals surface area contributed by atoms with Crippen molar-refractivity contribution in [3.63, 3.8) is 0 Å². The molecule has 19 heteroatoms. The Bertz CT molecular complexity index is 1650. The number of likely N-dealkylation sites (tertiary alicyclic amines) is 1. The van der Waals surface area contributed by atoms with Gasteiger partial charge in [0.05, 0.1) is 38.3 Å². The van der Waals surface area contributed by atoms with Gasteiger partial charge in [-0.15, -0.1) is 0 Å². The lowest BCUT2D eigenvalue weighted by molar-refractivity contribution is -0.147. The van der Waals surface area contributed by atoms with Gasteiger partial charge in [-0.3, -0.25) is 38.5 Å². The Morgan fingerprint density at radius 1 is 0.820 bits per heavy atom.